The molecular formula is C24H28ClN5O4S2. The van der Waals surface area contributed by atoms with Crippen molar-refractivity contribution in [3.63, 3.8) is 0 Å². The summed E-state index contributed by atoms with van der Waals surface area (Å²) in [7, 11) is -0.492. The zero-order valence-electron chi connectivity index (χ0n) is 20.1. The molecule has 5 rings (SSSR count). The third-order valence-corrected chi connectivity index (χ3v) is 9.36. The van der Waals surface area contributed by atoms with E-state index in [0.717, 1.165) is 49.2 Å². The number of hydrogen-bond acceptors (Lipinski definition) is 7. The summed E-state index contributed by atoms with van der Waals surface area (Å²) in [5.41, 5.74) is 3.51. The second kappa shape index (κ2) is 10.2. The Kier molecular flexibility index (Phi) is 7.21. The number of hydrogen-bond donors (Lipinski definition) is 2. The molecule has 1 saturated heterocycles. The molecule has 0 bridgehead atoms. The van der Waals surface area contributed by atoms with Gasteiger partial charge in [0, 0.05) is 86.0 Å². The zero-order valence-corrected chi connectivity index (χ0v) is 22.5. The molecule has 2 aliphatic rings. The van der Waals surface area contributed by atoms with E-state index in [9.17, 15) is 13.2 Å². The van der Waals surface area contributed by atoms with Crippen molar-refractivity contribution in [1.29, 1.82) is 0 Å². The van der Waals surface area contributed by atoms with Crippen molar-refractivity contribution >= 4 is 49.3 Å². The summed E-state index contributed by atoms with van der Waals surface area (Å²) in [6.45, 7) is 3.21. The van der Waals surface area contributed by atoms with Gasteiger partial charge in [0.05, 0.1) is 10.2 Å². The number of fused-ring (bicyclic) bond motifs is 2. The summed E-state index contributed by atoms with van der Waals surface area (Å²) in [6, 6.07) is 7.66. The van der Waals surface area contributed by atoms with E-state index < -0.39 is 16.3 Å². The number of amides is 1. The van der Waals surface area contributed by atoms with Crippen LogP contribution in [0.4, 0.5) is 0 Å². The van der Waals surface area contributed by atoms with Gasteiger partial charge in [-0.1, -0.05) is 11.6 Å². The van der Waals surface area contributed by atoms with Gasteiger partial charge in [-0.05, 0) is 30.7 Å². The van der Waals surface area contributed by atoms with Crippen LogP contribution in [0.1, 0.15) is 10.4 Å². The molecule has 0 radical (unpaired) electrons. The fourth-order valence-corrected chi connectivity index (χ4v) is 6.51. The highest BCUT2D eigenvalue weighted by Crippen LogP contribution is 2.44. The Bertz CT molecular complexity index is 1400. The van der Waals surface area contributed by atoms with Crippen molar-refractivity contribution < 1.29 is 17.9 Å². The van der Waals surface area contributed by atoms with E-state index in [0.29, 0.717) is 36.7 Å². The summed E-state index contributed by atoms with van der Waals surface area (Å²) in [6.07, 6.45) is 2.21. The molecular weight excluding hydrogens is 522 g/mol. The number of rotatable bonds is 7. The second-order valence-corrected chi connectivity index (χ2v) is 12.6. The van der Waals surface area contributed by atoms with Gasteiger partial charge >= 0.3 is 0 Å². The molecule has 0 saturated carbocycles. The van der Waals surface area contributed by atoms with Crippen LogP contribution in [0.25, 0.3) is 21.3 Å². The number of ether oxygens (including phenoxy) is 1. The Labute approximate surface area is 219 Å². The van der Waals surface area contributed by atoms with E-state index in [1.165, 1.54) is 14.1 Å². The second-order valence-electron chi connectivity index (χ2n) is 9.04. The van der Waals surface area contributed by atoms with Crippen LogP contribution in [0.15, 0.2) is 30.5 Å². The maximum Gasteiger partial charge on any atom is 0.278 e. The average Bonchev–Trinajstić information content (AvgIpc) is 3.47. The number of carbonyl (C=O) groups excluding carboxylic acids is 1. The molecule has 0 aliphatic carbocycles. The number of pyridine rings is 1. The van der Waals surface area contributed by atoms with Crippen molar-refractivity contribution in [2.45, 2.75) is 18.9 Å². The highest BCUT2D eigenvalue weighted by atomic mass is 35.5. The summed E-state index contributed by atoms with van der Waals surface area (Å²) in [4.78, 5) is 20.5. The molecule has 1 aromatic carbocycles. The molecule has 12 heteroatoms. The van der Waals surface area contributed by atoms with Crippen LogP contribution < -0.4 is 14.8 Å². The lowest BCUT2D eigenvalue weighted by atomic mass is 10.0. The summed E-state index contributed by atoms with van der Waals surface area (Å²) >= 11 is 8.07. The molecule has 2 N–H and O–H groups in total. The molecule has 36 heavy (non-hydrogen) atoms. The molecule has 1 unspecified atom stereocenters. The summed E-state index contributed by atoms with van der Waals surface area (Å²) in [5.74, 6) is 0.697. The minimum absolute atomic E-state index is 0.00762. The van der Waals surface area contributed by atoms with Gasteiger partial charge in [-0.2, -0.15) is 12.7 Å². The molecule has 2 aromatic heterocycles. The van der Waals surface area contributed by atoms with Gasteiger partial charge < -0.3 is 15.0 Å². The first kappa shape index (κ1) is 25.4. The highest BCUT2D eigenvalue weighted by molar-refractivity contribution is 7.87. The SMILES string of the molecule is CN(C)S(=O)(=O)NCCc1cc2nccc(-c3cc(Cl)cc4c3OC(C(=O)N3CCNCC3)C4)c2s1. The molecule has 4 heterocycles. The van der Waals surface area contributed by atoms with Crippen molar-refractivity contribution in [1.82, 2.24) is 24.2 Å². The van der Waals surface area contributed by atoms with Gasteiger partial charge in [0.15, 0.2) is 6.10 Å². The van der Waals surface area contributed by atoms with Gasteiger partial charge in [-0.15, -0.1) is 11.3 Å². The molecule has 2 aliphatic heterocycles. The first-order chi connectivity index (χ1) is 17.2. The first-order valence-corrected chi connectivity index (χ1v) is 14.4. The number of nitrogens with zero attached hydrogens (tertiary/aromatic N) is 3. The normalized spacial score (nSPS) is 18.0. The predicted molar refractivity (Wildman–Crippen MR) is 142 cm³/mol. The lowest BCUT2D eigenvalue weighted by Crippen LogP contribution is -2.50. The fourth-order valence-electron chi connectivity index (χ4n) is 4.51. The van der Waals surface area contributed by atoms with Crippen LogP contribution in [0.5, 0.6) is 5.75 Å². The van der Waals surface area contributed by atoms with Crippen LogP contribution in [0, 0.1) is 0 Å². The molecule has 9 nitrogen and oxygen atoms in total. The Morgan fingerprint density at radius 3 is 2.81 bits per heavy atom. The van der Waals surface area contributed by atoms with E-state index >= 15 is 0 Å². The Hall–Kier alpha value is -2.28. The Morgan fingerprint density at radius 1 is 1.28 bits per heavy atom. The standard InChI is InChI=1S/C24H28ClN5O4S2/c1-29(2)36(32,33)28-6-3-17-14-20-23(35-17)18(4-5-27-20)19-13-16(25)11-15-12-21(34-22(15)19)24(31)30-9-7-26-8-10-30/h4-5,11,13-14,21,26,28H,3,6-10,12H2,1-2H3. The quantitative estimate of drug-likeness (QED) is 0.469. The number of piperazine rings is 1. The van der Waals surface area contributed by atoms with Gasteiger partial charge in [-0.3, -0.25) is 9.78 Å². The van der Waals surface area contributed by atoms with Crippen molar-refractivity contribution in [2.24, 2.45) is 0 Å². The van der Waals surface area contributed by atoms with E-state index in [4.69, 9.17) is 16.3 Å². The third kappa shape index (κ3) is 5.09. The average molecular weight is 550 g/mol. The van der Waals surface area contributed by atoms with Gasteiger partial charge in [-0.25, -0.2) is 4.72 Å². The van der Waals surface area contributed by atoms with E-state index in [-0.39, 0.29) is 12.5 Å². The van der Waals surface area contributed by atoms with E-state index in [1.54, 1.807) is 17.5 Å². The predicted octanol–water partition coefficient (Wildman–Crippen LogP) is 2.29. The highest BCUT2D eigenvalue weighted by Gasteiger charge is 2.35. The summed E-state index contributed by atoms with van der Waals surface area (Å²) < 4.78 is 35.0. The monoisotopic (exact) mass is 549 g/mol. The molecule has 1 amide bonds. The lowest BCUT2D eigenvalue weighted by Gasteiger charge is -2.29. The Balaban J connectivity index is 1.42. The van der Waals surface area contributed by atoms with Gasteiger partial charge in [0.1, 0.15) is 5.75 Å². The zero-order chi connectivity index (χ0) is 25.4. The molecule has 1 atom stereocenters. The van der Waals surface area contributed by atoms with Gasteiger partial charge in [0.2, 0.25) is 0 Å². The number of benzene rings is 1. The molecule has 3 aromatic rings. The lowest BCUT2D eigenvalue weighted by molar-refractivity contribution is -0.138. The summed E-state index contributed by atoms with van der Waals surface area (Å²) in [5, 5.41) is 3.85. The van der Waals surface area contributed by atoms with Gasteiger partial charge in [0.25, 0.3) is 16.1 Å². The first-order valence-electron chi connectivity index (χ1n) is 11.8. The van der Waals surface area contributed by atoms with Crippen molar-refractivity contribution in [3.05, 3.63) is 45.9 Å². The number of halogens is 1. The van der Waals surface area contributed by atoms with Crippen molar-refractivity contribution in [2.75, 3.05) is 46.8 Å². The largest absolute Gasteiger partial charge is 0.479 e. The van der Waals surface area contributed by atoms with Crippen molar-refractivity contribution in [3.8, 4) is 16.9 Å². The molecule has 0 spiro atoms. The van der Waals surface area contributed by atoms with E-state index in [1.807, 2.05) is 29.2 Å². The third-order valence-electron chi connectivity index (χ3n) is 6.39. The van der Waals surface area contributed by atoms with Crippen LogP contribution in [0.2, 0.25) is 5.02 Å². The number of aromatic nitrogens is 1. The topological polar surface area (TPSA) is 104 Å². The van der Waals surface area contributed by atoms with Crippen LogP contribution in [0.3, 0.4) is 0 Å². The van der Waals surface area contributed by atoms with Crippen LogP contribution >= 0.6 is 22.9 Å². The molecule has 192 valence electrons. The number of nitrogens with one attached hydrogen (secondary N) is 2. The van der Waals surface area contributed by atoms with Crippen LogP contribution in [-0.4, -0.2) is 81.4 Å². The van der Waals surface area contributed by atoms with Crippen LogP contribution in [-0.2, 0) is 27.8 Å². The molecule has 1 fully saturated rings. The fraction of sp³-hybridized carbons (Fsp3) is 0.417. The minimum atomic E-state index is -3.48. The number of carbonyl (C=O) groups is 1. The minimum Gasteiger partial charge on any atom is -0.479 e. The Morgan fingerprint density at radius 2 is 2.06 bits per heavy atom. The maximum atomic E-state index is 13.1. The number of thiophene rings is 1. The maximum absolute atomic E-state index is 13.1. The van der Waals surface area contributed by atoms with E-state index in [2.05, 4.69) is 15.0 Å². The smallest absolute Gasteiger partial charge is 0.278 e.